The summed E-state index contributed by atoms with van der Waals surface area (Å²) >= 11 is 12.2. The van der Waals surface area contributed by atoms with Crippen LogP contribution in [0.2, 0.25) is 10.0 Å². The molecule has 380 valence electrons. The van der Waals surface area contributed by atoms with E-state index in [4.69, 9.17) is 32.7 Å². The number of ether oxygens (including phenoxy) is 2. The molecule has 8 rings (SSSR count). The molecule has 18 nitrogen and oxygen atoms in total. The number of phenolic OH excluding ortho intramolecular Hbond substituents is 1. The van der Waals surface area contributed by atoms with Gasteiger partial charge >= 0.3 is 48.9 Å². The number of benzene rings is 8. The van der Waals surface area contributed by atoms with Gasteiger partial charge in [-0.1, -0.05) is 103 Å². The fourth-order valence-electron chi connectivity index (χ4n) is 7.41. The van der Waals surface area contributed by atoms with Gasteiger partial charge in [0, 0.05) is 38.6 Å². The minimum atomic E-state index is -4.70. The maximum absolute atomic E-state index is 13.4. The van der Waals surface area contributed by atoms with Gasteiger partial charge in [0.25, 0.3) is 26.1 Å². The smallest absolute Gasteiger partial charge is 0.871 e. The monoisotopic (exact) mass is 1210 g/mol. The standard InChI is InChI=1S/2C26H22ClN3O6S.Ba/c2*1-3-15-12-22(23(14-21(15)27)37(33,34)35)29-30-24-19-10-5-4-7-16(19)11-20(25(24)31)26(32)28-17-8-6-9-18(13-17)36-2;/h2*4-14,31H,3H2,1-2H3,(H,28,32)(H,33,34,35);/q;;+2/p-2. The Labute approximate surface area is 481 Å². The molecule has 0 aliphatic heterocycles. The van der Waals surface area contributed by atoms with Gasteiger partial charge in [-0.15, -0.1) is 15.3 Å². The van der Waals surface area contributed by atoms with Gasteiger partial charge in [-0.25, -0.2) is 0 Å². The minimum absolute atomic E-state index is 0. The van der Waals surface area contributed by atoms with Crippen molar-refractivity contribution in [2.45, 2.75) is 36.5 Å². The predicted octanol–water partition coefficient (Wildman–Crippen LogP) is 11.5. The molecule has 0 spiro atoms. The molecule has 0 saturated carbocycles. The van der Waals surface area contributed by atoms with E-state index in [1.54, 1.807) is 104 Å². The molecule has 8 aromatic rings. The number of hydrogen-bond donors (Lipinski definition) is 4. The third-order valence-corrected chi connectivity index (χ3v) is 13.6. The molecular weight excluding hydrogens is 1170 g/mol. The number of methoxy groups -OCH3 is 2. The third kappa shape index (κ3) is 13.7. The number of aryl methyl sites for hydroxylation is 2. The van der Waals surface area contributed by atoms with Crippen molar-refractivity contribution in [1.29, 1.82) is 0 Å². The zero-order valence-electron chi connectivity index (χ0n) is 40.1. The number of rotatable bonds is 14. The summed E-state index contributed by atoms with van der Waals surface area (Å²) in [5, 5.41) is 58.6. The molecule has 8 aromatic carbocycles. The normalized spacial score (nSPS) is 11.9. The maximum atomic E-state index is 13.4. The van der Waals surface area contributed by atoms with E-state index in [0.717, 1.165) is 12.1 Å². The summed E-state index contributed by atoms with van der Waals surface area (Å²) in [6, 6.07) is 34.7. The number of fused-ring (bicyclic) bond motifs is 2. The van der Waals surface area contributed by atoms with Crippen molar-refractivity contribution < 1.29 is 55.5 Å². The number of anilines is 1. The molecule has 0 atom stereocenters. The first-order valence-electron chi connectivity index (χ1n) is 22.0. The number of phenols is 1. The second kappa shape index (κ2) is 25.0. The molecule has 23 heteroatoms. The molecule has 0 fully saturated rings. The first-order chi connectivity index (χ1) is 35.2. The maximum Gasteiger partial charge on any atom is 2.00 e. The fourth-order valence-corrected chi connectivity index (χ4v) is 9.39. The average molecular weight is 1220 g/mol. The quantitative estimate of drug-likeness (QED) is 0.0260. The summed E-state index contributed by atoms with van der Waals surface area (Å²) in [5.74, 6) is -1.56. The number of aromatic hydroxyl groups is 1. The average Bonchev–Trinajstić information content (AvgIpc) is 3.37. The summed E-state index contributed by atoms with van der Waals surface area (Å²) in [7, 11) is -6.38. The molecule has 0 aliphatic carbocycles. The van der Waals surface area contributed by atoms with E-state index in [2.05, 4.69) is 30.8 Å². The fraction of sp³-hybridized carbons (Fsp3) is 0.115. The number of carbonyl (C=O) groups is 1. The molecule has 0 unspecified atom stereocenters. The van der Waals surface area contributed by atoms with Crippen LogP contribution in [-0.2, 0) is 33.1 Å². The van der Waals surface area contributed by atoms with Crippen LogP contribution < -0.4 is 25.0 Å². The van der Waals surface area contributed by atoms with E-state index >= 15 is 0 Å². The largest absolute Gasteiger partial charge is 2.00 e. The van der Waals surface area contributed by atoms with E-state index in [9.17, 15) is 46.1 Å². The molecule has 0 radical (unpaired) electrons. The summed E-state index contributed by atoms with van der Waals surface area (Å²) < 4.78 is 77.4. The van der Waals surface area contributed by atoms with Crippen molar-refractivity contribution in [2.24, 2.45) is 25.4 Å². The Morgan fingerprint density at radius 3 is 1.63 bits per heavy atom. The SMILES string of the molecule is CCc1cc(N=Nc2c(O)c(C(=O)Nc3cccc(OC)c3)cc3ccccc23)c(S(=O)(=O)O)cc1Cl.CCc1cc(N=Nc2c([O-])c(C([O-])=Nc3cccc(OC)c3)cc3ccccc23)c(S(=O)(=O)O)cc1Cl.[Ba+2]. The first-order valence-corrected chi connectivity index (χ1v) is 25.6. The van der Waals surface area contributed by atoms with E-state index < -0.39 is 53.3 Å². The summed E-state index contributed by atoms with van der Waals surface area (Å²) in [5.41, 5.74) is 0.979. The molecule has 0 bridgehead atoms. The van der Waals surface area contributed by atoms with Gasteiger partial charge in [-0.05, 0) is 107 Å². The van der Waals surface area contributed by atoms with Crippen molar-refractivity contribution in [3.8, 4) is 23.0 Å². The minimum Gasteiger partial charge on any atom is -0.871 e. The second-order valence-electron chi connectivity index (χ2n) is 15.8. The Morgan fingerprint density at radius 1 is 0.627 bits per heavy atom. The molecule has 75 heavy (non-hydrogen) atoms. The number of aliphatic imine (C=N–C) groups is 1. The van der Waals surface area contributed by atoms with Crippen LogP contribution in [-0.4, -0.2) is 106 Å². The summed E-state index contributed by atoms with van der Waals surface area (Å²) in [6.07, 6.45) is 0.930. The van der Waals surface area contributed by atoms with Gasteiger partial charge < -0.3 is 30.1 Å². The first kappa shape index (κ1) is 57.9. The molecule has 0 heterocycles. The van der Waals surface area contributed by atoms with Gasteiger partial charge in [0.05, 0.1) is 31.2 Å². The van der Waals surface area contributed by atoms with Crippen molar-refractivity contribution in [2.75, 3.05) is 19.5 Å². The molecule has 4 N–H and O–H groups in total. The van der Waals surface area contributed by atoms with Crippen molar-refractivity contribution in [1.82, 2.24) is 0 Å². The van der Waals surface area contributed by atoms with Gasteiger partial charge in [0.2, 0.25) is 0 Å². The zero-order valence-corrected chi connectivity index (χ0v) is 47.7. The number of nitrogens with zero attached hydrogens (tertiary/aromatic N) is 5. The Hall–Kier alpha value is -6.41. The van der Waals surface area contributed by atoms with Crippen molar-refractivity contribution in [3.05, 3.63) is 166 Å². The van der Waals surface area contributed by atoms with Crippen LogP contribution in [0.5, 0.6) is 23.0 Å². The Morgan fingerprint density at radius 2 is 1.11 bits per heavy atom. The summed E-state index contributed by atoms with van der Waals surface area (Å²) in [4.78, 5) is 16.0. The van der Waals surface area contributed by atoms with Crippen LogP contribution in [0.3, 0.4) is 0 Å². The van der Waals surface area contributed by atoms with Crippen LogP contribution in [0.15, 0.2) is 169 Å². The van der Waals surface area contributed by atoms with Crippen molar-refractivity contribution in [3.63, 3.8) is 0 Å². The summed E-state index contributed by atoms with van der Waals surface area (Å²) in [6.45, 7) is 3.62. The van der Waals surface area contributed by atoms with E-state index in [1.165, 1.54) is 38.5 Å². The van der Waals surface area contributed by atoms with Gasteiger partial charge in [-0.2, -0.15) is 21.9 Å². The van der Waals surface area contributed by atoms with Gasteiger partial charge in [-0.3, -0.25) is 18.9 Å². The Bertz CT molecular complexity index is 3830. The van der Waals surface area contributed by atoms with E-state index in [0.29, 0.717) is 68.4 Å². The van der Waals surface area contributed by atoms with E-state index in [1.807, 2.05) is 6.92 Å². The number of hydrogen-bond acceptors (Lipinski definition) is 15. The molecule has 0 saturated heterocycles. The number of amides is 1. The number of azo groups is 2. The molecule has 0 aliphatic rings. The van der Waals surface area contributed by atoms with Crippen LogP contribution in [0.1, 0.15) is 40.9 Å². The predicted molar refractivity (Wildman–Crippen MR) is 285 cm³/mol. The van der Waals surface area contributed by atoms with Gasteiger partial charge in [0.15, 0.2) is 5.75 Å². The second-order valence-corrected chi connectivity index (χ2v) is 19.4. The van der Waals surface area contributed by atoms with E-state index in [-0.39, 0.29) is 92.8 Å². The Balaban J connectivity index is 0.000000241. The van der Waals surface area contributed by atoms with Crippen LogP contribution in [0.25, 0.3) is 21.5 Å². The van der Waals surface area contributed by atoms with Crippen LogP contribution in [0.4, 0.5) is 34.1 Å². The van der Waals surface area contributed by atoms with Crippen LogP contribution in [0, 0.1) is 0 Å². The van der Waals surface area contributed by atoms with Crippen molar-refractivity contribution >= 4 is 160 Å². The molecular formula is C52H42BaCl2N6O12S2. The number of carbonyl (C=O) groups excluding carboxylic acids is 1. The number of halogens is 2. The molecule has 1 amide bonds. The molecule has 0 aromatic heterocycles. The van der Waals surface area contributed by atoms with Crippen LogP contribution >= 0.6 is 23.2 Å². The Kier molecular flexibility index (Phi) is 19.3. The third-order valence-electron chi connectivity index (χ3n) is 11.1. The number of nitrogens with one attached hydrogen (secondary N) is 1. The van der Waals surface area contributed by atoms with Gasteiger partial charge in [0.1, 0.15) is 38.4 Å². The zero-order chi connectivity index (χ0) is 53.5. The topological polar surface area (TPSA) is 284 Å².